The number of hydrogen-bond donors (Lipinski definition) is 0. The Bertz CT molecular complexity index is 577. The van der Waals surface area contributed by atoms with Gasteiger partial charge in [-0.1, -0.05) is 0 Å². The number of rotatable bonds is 3. The van der Waals surface area contributed by atoms with Crippen molar-refractivity contribution < 1.29 is 4.39 Å². The summed E-state index contributed by atoms with van der Waals surface area (Å²) in [4.78, 5) is 4.47. The molecule has 90 valence electrons. The lowest BCUT2D eigenvalue weighted by Gasteiger charge is -2.06. The minimum Gasteiger partial charge on any atom is -0.327 e. The summed E-state index contributed by atoms with van der Waals surface area (Å²) in [7, 11) is 0. The minimum atomic E-state index is -0.184. The first kappa shape index (κ1) is 11.7. The standard InChI is InChI=1S/C12H11ClFIN2/c13-5-12-16-10-4-9(15)8(14)3-11(10)17(12)6-7-1-2-7/h3-4,7H,1-2,5-6H2. The number of nitrogens with zero attached hydrogens (tertiary/aromatic N) is 2. The Morgan fingerprint density at radius 1 is 1.47 bits per heavy atom. The zero-order valence-corrected chi connectivity index (χ0v) is 12.0. The molecular weight excluding hydrogens is 354 g/mol. The van der Waals surface area contributed by atoms with Crippen molar-refractivity contribution in [3.8, 4) is 0 Å². The van der Waals surface area contributed by atoms with Crippen LogP contribution in [-0.2, 0) is 12.4 Å². The van der Waals surface area contributed by atoms with E-state index < -0.39 is 0 Å². The molecule has 0 radical (unpaired) electrons. The quantitative estimate of drug-likeness (QED) is 0.596. The third-order valence-electron chi connectivity index (χ3n) is 3.13. The van der Waals surface area contributed by atoms with Gasteiger partial charge in [0, 0.05) is 12.6 Å². The van der Waals surface area contributed by atoms with Gasteiger partial charge in [0.05, 0.1) is 20.5 Å². The smallest absolute Gasteiger partial charge is 0.138 e. The highest BCUT2D eigenvalue weighted by molar-refractivity contribution is 14.1. The van der Waals surface area contributed by atoms with Gasteiger partial charge in [0.1, 0.15) is 11.6 Å². The number of halogens is 3. The van der Waals surface area contributed by atoms with Gasteiger partial charge in [-0.15, -0.1) is 11.6 Å². The van der Waals surface area contributed by atoms with Crippen molar-refractivity contribution in [3.63, 3.8) is 0 Å². The highest BCUT2D eigenvalue weighted by Gasteiger charge is 2.24. The first-order valence-electron chi connectivity index (χ1n) is 5.59. The van der Waals surface area contributed by atoms with Gasteiger partial charge in [-0.25, -0.2) is 9.37 Å². The molecule has 1 aliphatic rings. The summed E-state index contributed by atoms with van der Waals surface area (Å²) in [5.41, 5.74) is 1.71. The molecule has 1 aromatic carbocycles. The van der Waals surface area contributed by atoms with Crippen LogP contribution < -0.4 is 0 Å². The van der Waals surface area contributed by atoms with Gasteiger partial charge in [-0.3, -0.25) is 0 Å². The largest absolute Gasteiger partial charge is 0.327 e. The van der Waals surface area contributed by atoms with Gasteiger partial charge >= 0.3 is 0 Å². The molecule has 0 unspecified atom stereocenters. The van der Waals surface area contributed by atoms with Gasteiger partial charge in [-0.05, 0) is 47.4 Å². The normalized spacial score (nSPS) is 15.7. The number of benzene rings is 1. The van der Waals surface area contributed by atoms with Crippen LogP contribution in [0.3, 0.4) is 0 Å². The van der Waals surface area contributed by atoms with Crippen molar-refractivity contribution in [2.75, 3.05) is 0 Å². The van der Waals surface area contributed by atoms with E-state index in [4.69, 9.17) is 11.6 Å². The van der Waals surface area contributed by atoms with Gasteiger partial charge in [0.2, 0.25) is 0 Å². The van der Waals surface area contributed by atoms with Crippen molar-refractivity contribution in [2.45, 2.75) is 25.3 Å². The van der Waals surface area contributed by atoms with E-state index in [2.05, 4.69) is 9.55 Å². The summed E-state index contributed by atoms with van der Waals surface area (Å²) >= 11 is 7.89. The fourth-order valence-electron chi connectivity index (χ4n) is 2.03. The molecule has 0 N–H and O–H groups in total. The predicted molar refractivity (Wildman–Crippen MR) is 74.7 cm³/mol. The summed E-state index contributed by atoms with van der Waals surface area (Å²) in [6, 6.07) is 3.35. The fraction of sp³-hybridized carbons (Fsp3) is 0.417. The van der Waals surface area contributed by atoms with Crippen molar-refractivity contribution >= 4 is 45.2 Å². The molecule has 2 aromatic rings. The van der Waals surface area contributed by atoms with E-state index in [-0.39, 0.29) is 5.82 Å². The molecule has 5 heteroatoms. The van der Waals surface area contributed by atoms with E-state index in [0.29, 0.717) is 9.45 Å². The molecule has 3 rings (SSSR count). The molecule has 1 aromatic heterocycles. The topological polar surface area (TPSA) is 17.8 Å². The average Bonchev–Trinajstić information content (AvgIpc) is 3.06. The second-order valence-electron chi connectivity index (χ2n) is 4.47. The SMILES string of the molecule is Fc1cc2c(cc1I)nc(CCl)n2CC1CC1. The van der Waals surface area contributed by atoms with Crippen molar-refractivity contribution in [1.29, 1.82) is 0 Å². The van der Waals surface area contributed by atoms with Crippen LogP contribution in [0.4, 0.5) is 4.39 Å². The Morgan fingerprint density at radius 3 is 2.88 bits per heavy atom. The Kier molecular flexibility index (Phi) is 3.02. The lowest BCUT2D eigenvalue weighted by Crippen LogP contribution is -2.04. The number of imidazole rings is 1. The molecule has 0 aliphatic heterocycles. The second-order valence-corrected chi connectivity index (χ2v) is 5.90. The number of hydrogen-bond acceptors (Lipinski definition) is 1. The Hall–Kier alpha value is -0.360. The van der Waals surface area contributed by atoms with Crippen molar-refractivity contribution in [3.05, 3.63) is 27.3 Å². The number of aromatic nitrogens is 2. The van der Waals surface area contributed by atoms with Crippen LogP contribution in [0, 0.1) is 15.3 Å². The zero-order valence-electron chi connectivity index (χ0n) is 9.09. The molecule has 0 saturated heterocycles. The third-order valence-corrected chi connectivity index (χ3v) is 4.19. The fourth-order valence-corrected chi connectivity index (χ4v) is 2.69. The van der Waals surface area contributed by atoms with Crippen LogP contribution in [0.1, 0.15) is 18.7 Å². The van der Waals surface area contributed by atoms with E-state index in [1.54, 1.807) is 12.1 Å². The number of fused-ring (bicyclic) bond motifs is 1. The molecule has 0 bridgehead atoms. The van der Waals surface area contributed by atoms with Crippen LogP contribution in [0.2, 0.25) is 0 Å². The molecular formula is C12H11ClFIN2. The Labute approximate surface area is 117 Å². The van der Waals surface area contributed by atoms with E-state index >= 15 is 0 Å². The summed E-state index contributed by atoms with van der Waals surface area (Å²) in [5.74, 6) is 1.75. The Balaban J connectivity index is 2.17. The molecule has 0 atom stereocenters. The second kappa shape index (κ2) is 4.39. The molecule has 0 spiro atoms. The summed E-state index contributed by atoms with van der Waals surface area (Å²) in [6.07, 6.45) is 2.52. The van der Waals surface area contributed by atoms with Crippen LogP contribution in [0.5, 0.6) is 0 Å². The monoisotopic (exact) mass is 364 g/mol. The minimum absolute atomic E-state index is 0.184. The maximum atomic E-state index is 13.6. The molecule has 1 aliphatic carbocycles. The van der Waals surface area contributed by atoms with Gasteiger partial charge in [-0.2, -0.15) is 0 Å². The number of alkyl halides is 1. The molecule has 1 fully saturated rings. The molecule has 17 heavy (non-hydrogen) atoms. The van der Waals surface area contributed by atoms with Gasteiger partial charge < -0.3 is 4.57 Å². The molecule has 1 saturated carbocycles. The summed E-state index contributed by atoms with van der Waals surface area (Å²) in [6.45, 7) is 0.915. The van der Waals surface area contributed by atoms with Crippen molar-refractivity contribution in [1.82, 2.24) is 9.55 Å². The molecule has 1 heterocycles. The van der Waals surface area contributed by atoms with E-state index in [1.165, 1.54) is 12.8 Å². The predicted octanol–water partition coefficient (Wildman–Crippen LogP) is 3.93. The zero-order chi connectivity index (χ0) is 12.0. The first-order chi connectivity index (χ1) is 8.19. The van der Waals surface area contributed by atoms with Gasteiger partial charge in [0.25, 0.3) is 0 Å². The maximum Gasteiger partial charge on any atom is 0.138 e. The molecule has 0 amide bonds. The highest BCUT2D eigenvalue weighted by atomic mass is 127. The van der Waals surface area contributed by atoms with Crippen LogP contribution in [-0.4, -0.2) is 9.55 Å². The highest BCUT2D eigenvalue weighted by Crippen LogP contribution is 2.33. The van der Waals surface area contributed by atoms with E-state index in [9.17, 15) is 4.39 Å². The van der Waals surface area contributed by atoms with Crippen LogP contribution in [0.25, 0.3) is 11.0 Å². The first-order valence-corrected chi connectivity index (χ1v) is 7.20. The van der Waals surface area contributed by atoms with Crippen LogP contribution >= 0.6 is 34.2 Å². The van der Waals surface area contributed by atoms with Crippen molar-refractivity contribution in [2.24, 2.45) is 5.92 Å². The van der Waals surface area contributed by atoms with Crippen LogP contribution in [0.15, 0.2) is 12.1 Å². The van der Waals surface area contributed by atoms with E-state index in [0.717, 1.165) is 29.3 Å². The lowest BCUT2D eigenvalue weighted by molar-refractivity contribution is 0.610. The Morgan fingerprint density at radius 2 is 2.24 bits per heavy atom. The lowest BCUT2D eigenvalue weighted by atomic mass is 10.3. The van der Waals surface area contributed by atoms with Gasteiger partial charge in [0.15, 0.2) is 0 Å². The summed E-state index contributed by atoms with van der Waals surface area (Å²) < 4.78 is 16.3. The third kappa shape index (κ3) is 2.17. The van der Waals surface area contributed by atoms with E-state index in [1.807, 2.05) is 22.6 Å². The average molecular weight is 365 g/mol. The summed E-state index contributed by atoms with van der Waals surface area (Å²) in [5, 5.41) is 0. The maximum absolute atomic E-state index is 13.6. The molecule has 2 nitrogen and oxygen atoms in total.